The summed E-state index contributed by atoms with van der Waals surface area (Å²) in [5.41, 5.74) is 0. The third kappa shape index (κ3) is 12.0. The van der Waals surface area contributed by atoms with Crippen molar-refractivity contribution in [2.75, 3.05) is 40.1 Å². The van der Waals surface area contributed by atoms with Crippen molar-refractivity contribution in [2.45, 2.75) is 121 Å². The predicted octanol–water partition coefficient (Wildman–Crippen LogP) is 5.68. The first kappa shape index (κ1) is 26.1. The van der Waals surface area contributed by atoms with Crippen LogP contribution in [0.5, 0.6) is 0 Å². The molecule has 0 radical (unpaired) electrons. The maximum atomic E-state index is 6.20. The molecule has 5 heteroatoms. The summed E-state index contributed by atoms with van der Waals surface area (Å²) in [6.45, 7) is 5.35. The molecule has 0 aromatic heterocycles. The Morgan fingerprint density at radius 2 is 1.20 bits per heavy atom. The van der Waals surface area contributed by atoms with Crippen molar-refractivity contribution in [1.82, 2.24) is 0 Å². The van der Waals surface area contributed by atoms with Crippen LogP contribution in [0.4, 0.5) is 0 Å². The molecule has 0 N–H and O–H groups in total. The quantitative estimate of drug-likeness (QED) is 0.279. The van der Waals surface area contributed by atoms with E-state index in [9.17, 15) is 0 Å². The fourth-order valence-electron chi connectivity index (χ4n) is 4.45. The van der Waals surface area contributed by atoms with Gasteiger partial charge in [0, 0.05) is 13.7 Å². The van der Waals surface area contributed by atoms with Crippen molar-refractivity contribution in [2.24, 2.45) is 0 Å². The molecule has 2 aliphatic carbocycles. The number of hydrogen-bond donors (Lipinski definition) is 0. The summed E-state index contributed by atoms with van der Waals surface area (Å²) in [6.07, 6.45) is 18.2. The van der Waals surface area contributed by atoms with Gasteiger partial charge in [0.15, 0.2) is 0 Å². The molecule has 0 bridgehead atoms. The maximum Gasteiger partial charge on any atom is 0.104 e. The third-order valence-corrected chi connectivity index (χ3v) is 6.36. The highest BCUT2D eigenvalue weighted by Gasteiger charge is 2.21. The van der Waals surface area contributed by atoms with Crippen LogP contribution in [0.2, 0.25) is 0 Å². The van der Waals surface area contributed by atoms with Crippen LogP contribution in [-0.4, -0.2) is 64.6 Å². The molecule has 0 aromatic carbocycles. The van der Waals surface area contributed by atoms with E-state index in [-0.39, 0.29) is 12.2 Å². The van der Waals surface area contributed by atoms with E-state index in [0.717, 1.165) is 13.0 Å². The third-order valence-electron chi connectivity index (χ3n) is 6.36. The van der Waals surface area contributed by atoms with Crippen LogP contribution in [0, 0.1) is 0 Å². The maximum absolute atomic E-state index is 6.20. The van der Waals surface area contributed by atoms with Crippen molar-refractivity contribution in [3.63, 3.8) is 0 Å². The number of ether oxygens (including phenoxy) is 5. The Morgan fingerprint density at radius 3 is 1.73 bits per heavy atom. The van der Waals surface area contributed by atoms with Crippen molar-refractivity contribution >= 4 is 0 Å². The SMILES string of the molecule is CCCCCCOC(COC1CCCCC1)COC(COC)COC1CCCCC1. The molecule has 0 amide bonds. The van der Waals surface area contributed by atoms with Crippen LogP contribution < -0.4 is 0 Å². The summed E-state index contributed by atoms with van der Waals surface area (Å²) in [4.78, 5) is 0. The van der Waals surface area contributed by atoms with Gasteiger partial charge in [0.05, 0.1) is 38.6 Å². The topological polar surface area (TPSA) is 46.2 Å². The van der Waals surface area contributed by atoms with E-state index in [1.54, 1.807) is 7.11 Å². The lowest BCUT2D eigenvalue weighted by molar-refractivity contribution is -0.123. The zero-order chi connectivity index (χ0) is 21.3. The molecule has 2 unspecified atom stereocenters. The van der Waals surface area contributed by atoms with Gasteiger partial charge < -0.3 is 23.7 Å². The molecule has 0 saturated heterocycles. The summed E-state index contributed by atoms with van der Waals surface area (Å²) < 4.78 is 30.1. The average Bonchev–Trinajstić information content (AvgIpc) is 2.79. The molecule has 5 nitrogen and oxygen atoms in total. The van der Waals surface area contributed by atoms with Gasteiger partial charge in [-0.05, 0) is 32.1 Å². The van der Waals surface area contributed by atoms with Gasteiger partial charge in [-0.15, -0.1) is 0 Å². The van der Waals surface area contributed by atoms with Crippen LogP contribution >= 0.6 is 0 Å². The molecule has 178 valence electrons. The number of methoxy groups -OCH3 is 1. The van der Waals surface area contributed by atoms with Crippen molar-refractivity contribution in [1.29, 1.82) is 0 Å². The molecule has 2 saturated carbocycles. The summed E-state index contributed by atoms with van der Waals surface area (Å²) in [5.74, 6) is 0. The lowest BCUT2D eigenvalue weighted by atomic mass is 9.98. The van der Waals surface area contributed by atoms with E-state index in [1.165, 1.54) is 83.5 Å². The van der Waals surface area contributed by atoms with Gasteiger partial charge >= 0.3 is 0 Å². The van der Waals surface area contributed by atoms with Crippen LogP contribution in [0.3, 0.4) is 0 Å². The van der Waals surface area contributed by atoms with Crippen LogP contribution in [-0.2, 0) is 23.7 Å². The van der Waals surface area contributed by atoms with E-state index in [1.807, 2.05) is 0 Å². The van der Waals surface area contributed by atoms with E-state index in [0.29, 0.717) is 38.6 Å². The molecular weight excluding hydrogens is 380 g/mol. The molecular formula is C25H48O5. The zero-order valence-corrected chi connectivity index (χ0v) is 19.8. The first-order chi connectivity index (χ1) is 14.8. The van der Waals surface area contributed by atoms with Gasteiger partial charge in [0.25, 0.3) is 0 Å². The van der Waals surface area contributed by atoms with Crippen molar-refractivity contribution < 1.29 is 23.7 Å². The van der Waals surface area contributed by atoms with Gasteiger partial charge in [0.1, 0.15) is 12.2 Å². The summed E-state index contributed by atoms with van der Waals surface area (Å²) in [6, 6.07) is 0. The van der Waals surface area contributed by atoms with Gasteiger partial charge in [-0.3, -0.25) is 0 Å². The first-order valence-electron chi connectivity index (χ1n) is 12.8. The van der Waals surface area contributed by atoms with E-state index < -0.39 is 0 Å². The molecule has 2 rings (SSSR count). The average molecular weight is 429 g/mol. The van der Waals surface area contributed by atoms with E-state index in [4.69, 9.17) is 23.7 Å². The molecule has 30 heavy (non-hydrogen) atoms. The smallest absolute Gasteiger partial charge is 0.104 e. The second-order valence-corrected chi connectivity index (χ2v) is 9.15. The second-order valence-electron chi connectivity index (χ2n) is 9.15. The molecule has 2 aliphatic rings. The highest BCUT2D eigenvalue weighted by atomic mass is 16.6. The first-order valence-corrected chi connectivity index (χ1v) is 12.8. The van der Waals surface area contributed by atoms with Crippen molar-refractivity contribution in [3.8, 4) is 0 Å². The predicted molar refractivity (Wildman–Crippen MR) is 121 cm³/mol. The fourth-order valence-corrected chi connectivity index (χ4v) is 4.45. The largest absolute Gasteiger partial charge is 0.382 e. The van der Waals surface area contributed by atoms with Crippen LogP contribution in [0.15, 0.2) is 0 Å². The minimum atomic E-state index is -0.0437. The summed E-state index contributed by atoms with van der Waals surface area (Å²) >= 11 is 0. The molecule has 0 heterocycles. The monoisotopic (exact) mass is 428 g/mol. The van der Waals surface area contributed by atoms with E-state index in [2.05, 4.69) is 6.92 Å². The van der Waals surface area contributed by atoms with Crippen LogP contribution in [0.1, 0.15) is 96.8 Å². The Kier molecular flexibility index (Phi) is 15.1. The number of unbranched alkanes of at least 4 members (excludes halogenated alkanes) is 3. The molecule has 0 aromatic rings. The Morgan fingerprint density at radius 1 is 0.633 bits per heavy atom. The molecule has 0 spiro atoms. The normalized spacial score (nSPS) is 21.0. The second kappa shape index (κ2) is 17.4. The van der Waals surface area contributed by atoms with Gasteiger partial charge in [0.2, 0.25) is 0 Å². The lowest BCUT2D eigenvalue weighted by Crippen LogP contribution is -2.35. The highest BCUT2D eigenvalue weighted by molar-refractivity contribution is 4.69. The lowest BCUT2D eigenvalue weighted by Gasteiger charge is -2.28. The summed E-state index contributed by atoms with van der Waals surface area (Å²) in [7, 11) is 1.73. The minimum Gasteiger partial charge on any atom is -0.382 e. The number of hydrogen-bond acceptors (Lipinski definition) is 5. The van der Waals surface area contributed by atoms with Gasteiger partial charge in [-0.2, -0.15) is 0 Å². The molecule has 2 atom stereocenters. The Labute approximate surface area is 185 Å². The Balaban J connectivity index is 1.72. The van der Waals surface area contributed by atoms with Gasteiger partial charge in [-0.1, -0.05) is 64.7 Å². The van der Waals surface area contributed by atoms with Crippen LogP contribution in [0.25, 0.3) is 0 Å². The Bertz CT molecular complexity index is 380. The van der Waals surface area contributed by atoms with Gasteiger partial charge in [-0.25, -0.2) is 0 Å². The number of rotatable bonds is 17. The highest BCUT2D eigenvalue weighted by Crippen LogP contribution is 2.22. The van der Waals surface area contributed by atoms with Crippen molar-refractivity contribution in [3.05, 3.63) is 0 Å². The molecule has 2 fully saturated rings. The zero-order valence-electron chi connectivity index (χ0n) is 19.8. The molecule has 0 aliphatic heterocycles. The standard InChI is InChI=1S/C25H48O5/c1-3-4-5-12-17-27-25(20-29-23-15-10-7-11-16-23)21-30-24(18-26-2)19-28-22-13-8-6-9-14-22/h22-25H,3-21H2,1-2H3. The fraction of sp³-hybridized carbons (Fsp3) is 1.00. The van der Waals surface area contributed by atoms with E-state index >= 15 is 0 Å². The Hall–Kier alpha value is -0.200. The summed E-state index contributed by atoms with van der Waals surface area (Å²) in [5, 5.41) is 0. The minimum absolute atomic E-state index is 0.0115.